The minimum atomic E-state index is -0.789. The summed E-state index contributed by atoms with van der Waals surface area (Å²) in [6.07, 6.45) is 0.602. The average molecular weight is 378 g/mol. The number of benzene rings is 1. The first-order chi connectivity index (χ1) is 12.8. The van der Waals surface area contributed by atoms with Crippen LogP contribution in [-0.4, -0.2) is 35.7 Å². The van der Waals surface area contributed by atoms with Crippen molar-refractivity contribution in [2.24, 2.45) is 0 Å². The Balaban J connectivity index is 2.65. The Kier molecular flexibility index (Phi) is 6.51. The van der Waals surface area contributed by atoms with Gasteiger partial charge in [0.05, 0.1) is 6.61 Å². The molecule has 0 fully saturated rings. The van der Waals surface area contributed by atoms with E-state index in [1.807, 2.05) is 6.92 Å². The smallest absolute Gasteiger partial charge is 0.330 e. The Bertz CT molecular complexity index is 951. The van der Waals surface area contributed by atoms with E-state index in [0.29, 0.717) is 12.0 Å². The van der Waals surface area contributed by atoms with Crippen molar-refractivity contribution in [1.82, 2.24) is 9.55 Å². The maximum Gasteiger partial charge on any atom is 0.330 e. The van der Waals surface area contributed by atoms with Gasteiger partial charge in [-0.2, -0.15) is 0 Å². The first-order valence-corrected chi connectivity index (χ1v) is 8.51. The molecule has 0 atom stereocenters. The van der Waals surface area contributed by atoms with Gasteiger partial charge in [0.25, 0.3) is 11.5 Å². The van der Waals surface area contributed by atoms with E-state index in [4.69, 9.17) is 10.5 Å². The van der Waals surface area contributed by atoms with E-state index in [9.17, 15) is 18.8 Å². The third-order valence-corrected chi connectivity index (χ3v) is 4.13. The van der Waals surface area contributed by atoms with Crippen LogP contribution >= 0.6 is 0 Å². The van der Waals surface area contributed by atoms with E-state index < -0.39 is 23.0 Å². The summed E-state index contributed by atoms with van der Waals surface area (Å²) in [6.45, 7) is 3.90. The van der Waals surface area contributed by atoms with Crippen LogP contribution in [0.4, 0.5) is 15.9 Å². The molecular formula is C18H23FN4O4. The van der Waals surface area contributed by atoms with Crippen LogP contribution in [0.3, 0.4) is 0 Å². The number of aryl methyl sites for hydroxylation is 1. The maximum atomic E-state index is 13.7. The second kappa shape index (κ2) is 8.63. The first kappa shape index (κ1) is 20.4. The number of anilines is 2. The molecule has 2 rings (SSSR count). The van der Waals surface area contributed by atoms with Crippen LogP contribution in [0.2, 0.25) is 0 Å². The summed E-state index contributed by atoms with van der Waals surface area (Å²) < 4.78 is 19.9. The zero-order valence-electron chi connectivity index (χ0n) is 15.5. The molecule has 0 saturated heterocycles. The summed E-state index contributed by atoms with van der Waals surface area (Å²) in [5.74, 6) is -1.31. The minimum absolute atomic E-state index is 0.00287. The number of carbonyl (C=O) groups excluding carboxylic acids is 1. The van der Waals surface area contributed by atoms with Gasteiger partial charge in [0.2, 0.25) is 0 Å². The van der Waals surface area contributed by atoms with Crippen LogP contribution in [0.1, 0.15) is 29.3 Å². The number of hydrogen-bond acceptors (Lipinski definition) is 5. The van der Waals surface area contributed by atoms with Gasteiger partial charge in [-0.15, -0.1) is 0 Å². The van der Waals surface area contributed by atoms with Crippen LogP contribution < -0.4 is 21.9 Å². The van der Waals surface area contributed by atoms with Crippen molar-refractivity contribution in [3.8, 4) is 0 Å². The normalized spacial score (nSPS) is 10.8. The molecule has 0 aliphatic heterocycles. The zero-order chi connectivity index (χ0) is 20.1. The highest BCUT2D eigenvalue weighted by Crippen LogP contribution is 2.21. The minimum Gasteiger partial charge on any atom is -0.383 e. The fourth-order valence-electron chi connectivity index (χ4n) is 2.75. The lowest BCUT2D eigenvalue weighted by Crippen LogP contribution is -2.42. The first-order valence-electron chi connectivity index (χ1n) is 8.51. The Hall–Kier alpha value is -2.94. The molecule has 146 valence electrons. The van der Waals surface area contributed by atoms with Gasteiger partial charge in [0.1, 0.15) is 11.6 Å². The summed E-state index contributed by atoms with van der Waals surface area (Å²) in [5.41, 5.74) is 5.10. The molecule has 3 N–H and O–H groups in total. The van der Waals surface area contributed by atoms with Crippen molar-refractivity contribution in [2.75, 3.05) is 30.9 Å². The molecular weight excluding hydrogens is 355 g/mol. The number of halogens is 1. The number of hydrogen-bond donors (Lipinski definition) is 2. The highest BCUT2D eigenvalue weighted by molar-refractivity contribution is 6.08. The lowest BCUT2D eigenvalue weighted by molar-refractivity contribution is 0.0974. The molecule has 8 nitrogen and oxygen atoms in total. The topological polar surface area (TPSA) is 110 Å². The molecule has 1 aromatic heterocycles. The molecule has 1 amide bonds. The number of aromatic amines is 1. The molecule has 0 spiro atoms. The highest BCUT2D eigenvalue weighted by atomic mass is 19.1. The lowest BCUT2D eigenvalue weighted by atomic mass is 10.1. The van der Waals surface area contributed by atoms with E-state index >= 15 is 0 Å². The van der Waals surface area contributed by atoms with Crippen molar-refractivity contribution in [3.63, 3.8) is 0 Å². The third-order valence-electron chi connectivity index (χ3n) is 4.13. The number of carbonyl (C=O) groups is 1. The maximum absolute atomic E-state index is 13.7. The number of nitrogens with one attached hydrogen (secondary N) is 1. The van der Waals surface area contributed by atoms with E-state index in [2.05, 4.69) is 4.98 Å². The van der Waals surface area contributed by atoms with Gasteiger partial charge in [-0.05, 0) is 31.0 Å². The summed E-state index contributed by atoms with van der Waals surface area (Å²) in [4.78, 5) is 40.9. The fourth-order valence-corrected chi connectivity index (χ4v) is 2.75. The fraction of sp³-hybridized carbons (Fsp3) is 0.389. The van der Waals surface area contributed by atoms with Gasteiger partial charge >= 0.3 is 5.69 Å². The number of H-pyrrole nitrogens is 1. The van der Waals surface area contributed by atoms with Crippen LogP contribution in [0.25, 0.3) is 0 Å². The monoisotopic (exact) mass is 378 g/mol. The molecule has 1 heterocycles. The number of aromatic nitrogens is 2. The van der Waals surface area contributed by atoms with Crippen molar-refractivity contribution in [3.05, 3.63) is 56.0 Å². The van der Waals surface area contributed by atoms with Gasteiger partial charge < -0.3 is 10.5 Å². The number of methoxy groups -OCH3 is 1. The van der Waals surface area contributed by atoms with Gasteiger partial charge in [-0.3, -0.25) is 24.0 Å². The summed E-state index contributed by atoms with van der Waals surface area (Å²) in [6, 6.07) is 3.82. The van der Waals surface area contributed by atoms with E-state index in [-0.39, 0.29) is 36.8 Å². The molecule has 0 unspecified atom stereocenters. The number of ether oxygens (including phenoxy) is 1. The van der Waals surface area contributed by atoms with Gasteiger partial charge in [-0.1, -0.05) is 13.0 Å². The standard InChI is InChI=1S/C18H23FN4O4/c1-4-7-23-15(20)14(16(24)21-18(23)26)22(8-9-27-3)17(25)13-10-12(19)6-5-11(13)2/h5-6,10H,4,7-9,20H2,1-3H3,(H,21,24,26). The molecule has 0 aliphatic carbocycles. The van der Waals surface area contributed by atoms with Gasteiger partial charge in [0, 0.05) is 25.8 Å². The number of nitrogens with zero attached hydrogens (tertiary/aromatic N) is 2. The van der Waals surface area contributed by atoms with Crippen molar-refractivity contribution in [2.45, 2.75) is 26.8 Å². The number of rotatable bonds is 7. The molecule has 0 saturated carbocycles. The molecule has 0 aliphatic rings. The number of nitrogens with two attached hydrogens (primary N) is 1. The highest BCUT2D eigenvalue weighted by Gasteiger charge is 2.26. The molecule has 0 radical (unpaired) electrons. The molecule has 2 aromatic rings. The number of nitrogen functional groups attached to an aromatic ring is 1. The predicted molar refractivity (Wildman–Crippen MR) is 101 cm³/mol. The molecule has 1 aromatic carbocycles. The van der Waals surface area contributed by atoms with Gasteiger partial charge in [0.15, 0.2) is 5.69 Å². The Morgan fingerprint density at radius 2 is 2.07 bits per heavy atom. The summed E-state index contributed by atoms with van der Waals surface area (Å²) in [7, 11) is 1.45. The molecule has 9 heteroatoms. The largest absolute Gasteiger partial charge is 0.383 e. The van der Waals surface area contributed by atoms with Crippen molar-refractivity contribution in [1.29, 1.82) is 0 Å². The van der Waals surface area contributed by atoms with Gasteiger partial charge in [-0.25, -0.2) is 9.18 Å². The zero-order valence-corrected chi connectivity index (χ0v) is 15.5. The van der Waals surface area contributed by atoms with Crippen molar-refractivity contribution < 1.29 is 13.9 Å². The third kappa shape index (κ3) is 4.25. The van der Waals surface area contributed by atoms with Crippen LogP contribution in [0.15, 0.2) is 27.8 Å². The van der Waals surface area contributed by atoms with Crippen LogP contribution in [0.5, 0.6) is 0 Å². The van der Waals surface area contributed by atoms with Crippen molar-refractivity contribution >= 4 is 17.4 Å². The van der Waals surface area contributed by atoms with Crippen LogP contribution in [-0.2, 0) is 11.3 Å². The molecule has 0 bridgehead atoms. The lowest BCUT2D eigenvalue weighted by Gasteiger charge is -2.25. The predicted octanol–water partition coefficient (Wildman–Crippen LogP) is 1.27. The quantitative estimate of drug-likeness (QED) is 0.754. The Morgan fingerprint density at radius 1 is 1.37 bits per heavy atom. The molecule has 27 heavy (non-hydrogen) atoms. The van der Waals surface area contributed by atoms with E-state index in [1.165, 1.54) is 23.8 Å². The Labute approximate surface area is 155 Å². The van der Waals surface area contributed by atoms with E-state index in [1.54, 1.807) is 6.92 Å². The number of amides is 1. The second-order valence-corrected chi connectivity index (χ2v) is 6.05. The second-order valence-electron chi connectivity index (χ2n) is 6.05. The average Bonchev–Trinajstić information content (AvgIpc) is 2.62. The SMILES string of the molecule is CCCn1c(N)c(N(CCOC)C(=O)c2cc(F)ccc2C)c(=O)[nH]c1=O. The Morgan fingerprint density at radius 3 is 2.70 bits per heavy atom. The van der Waals surface area contributed by atoms with Crippen LogP contribution in [0, 0.1) is 12.7 Å². The summed E-state index contributed by atoms with van der Waals surface area (Å²) in [5, 5.41) is 0. The van der Waals surface area contributed by atoms with E-state index in [0.717, 1.165) is 11.0 Å². The summed E-state index contributed by atoms with van der Waals surface area (Å²) >= 11 is 0.